The van der Waals surface area contributed by atoms with Crippen LogP contribution < -0.4 is 0 Å². The van der Waals surface area contributed by atoms with Crippen molar-refractivity contribution >= 4 is 11.6 Å². The largest absolute Gasteiger partial charge is 0.338 e. The van der Waals surface area contributed by atoms with E-state index in [0.29, 0.717) is 17.4 Å². The molecule has 1 fully saturated rings. The smallest absolute Gasteiger partial charge is 0.269 e. The molecule has 19 heavy (non-hydrogen) atoms. The highest BCUT2D eigenvalue weighted by atomic mass is 16.6. The van der Waals surface area contributed by atoms with Crippen LogP contribution in [0.4, 0.5) is 5.69 Å². The lowest BCUT2D eigenvalue weighted by Gasteiger charge is -2.35. The summed E-state index contributed by atoms with van der Waals surface area (Å²) in [6, 6.07) is 5.82. The number of hydrogen-bond donors (Lipinski definition) is 0. The number of non-ortho nitro benzene ring substituents is 1. The molecule has 2 atom stereocenters. The zero-order valence-electron chi connectivity index (χ0n) is 11.2. The topological polar surface area (TPSA) is 63.5 Å². The second-order valence-electron chi connectivity index (χ2n) is 5.46. The van der Waals surface area contributed by atoms with Crippen LogP contribution in [0.2, 0.25) is 0 Å². The summed E-state index contributed by atoms with van der Waals surface area (Å²) in [6.45, 7) is 5.82. The minimum Gasteiger partial charge on any atom is -0.338 e. The third-order valence-electron chi connectivity index (χ3n) is 3.48. The van der Waals surface area contributed by atoms with Crippen LogP contribution in [0.15, 0.2) is 24.3 Å². The fourth-order valence-electron chi connectivity index (χ4n) is 2.74. The number of likely N-dealkylation sites (tertiary alicyclic amines) is 1. The summed E-state index contributed by atoms with van der Waals surface area (Å²) >= 11 is 0. The van der Waals surface area contributed by atoms with Crippen molar-refractivity contribution in [1.82, 2.24) is 4.90 Å². The van der Waals surface area contributed by atoms with Crippen LogP contribution in [0.25, 0.3) is 0 Å². The van der Waals surface area contributed by atoms with E-state index in [1.165, 1.54) is 24.3 Å². The molecule has 5 nitrogen and oxygen atoms in total. The van der Waals surface area contributed by atoms with Crippen molar-refractivity contribution in [3.05, 3.63) is 39.9 Å². The number of nitrogens with zero attached hydrogens (tertiary/aromatic N) is 2. The average molecular weight is 262 g/mol. The Morgan fingerprint density at radius 3 is 2.21 bits per heavy atom. The first kappa shape index (κ1) is 13.5. The highest BCUT2D eigenvalue weighted by Crippen LogP contribution is 2.23. The van der Waals surface area contributed by atoms with Crippen molar-refractivity contribution in [2.45, 2.75) is 20.3 Å². The van der Waals surface area contributed by atoms with Crippen LogP contribution >= 0.6 is 0 Å². The molecule has 1 heterocycles. The van der Waals surface area contributed by atoms with E-state index in [1.807, 2.05) is 4.90 Å². The Labute approximate surface area is 112 Å². The molecule has 0 aromatic heterocycles. The highest BCUT2D eigenvalue weighted by Gasteiger charge is 2.26. The second kappa shape index (κ2) is 5.38. The monoisotopic (exact) mass is 262 g/mol. The molecule has 0 aliphatic carbocycles. The predicted molar refractivity (Wildman–Crippen MR) is 71.9 cm³/mol. The van der Waals surface area contributed by atoms with E-state index < -0.39 is 4.92 Å². The van der Waals surface area contributed by atoms with E-state index in [4.69, 9.17) is 0 Å². The summed E-state index contributed by atoms with van der Waals surface area (Å²) in [5, 5.41) is 10.6. The van der Waals surface area contributed by atoms with Crippen LogP contribution in [0.3, 0.4) is 0 Å². The van der Waals surface area contributed by atoms with Gasteiger partial charge >= 0.3 is 0 Å². The van der Waals surface area contributed by atoms with Crippen molar-refractivity contribution in [1.29, 1.82) is 0 Å². The predicted octanol–water partition coefficient (Wildman–Crippen LogP) is 2.71. The van der Waals surface area contributed by atoms with Crippen molar-refractivity contribution in [2.75, 3.05) is 13.1 Å². The zero-order valence-corrected chi connectivity index (χ0v) is 11.2. The maximum Gasteiger partial charge on any atom is 0.269 e. The van der Waals surface area contributed by atoms with Crippen molar-refractivity contribution in [2.24, 2.45) is 11.8 Å². The molecule has 0 radical (unpaired) electrons. The molecule has 1 aromatic carbocycles. The minimum atomic E-state index is -0.459. The average Bonchev–Trinajstić information content (AvgIpc) is 2.37. The Bertz CT molecular complexity index is 474. The quantitative estimate of drug-likeness (QED) is 0.608. The van der Waals surface area contributed by atoms with Crippen molar-refractivity contribution in [3.63, 3.8) is 0 Å². The van der Waals surface area contributed by atoms with Gasteiger partial charge in [0.15, 0.2) is 0 Å². The SMILES string of the molecule is CC1CC(C)CN(C(=O)c2ccc([N+](=O)[O-])cc2)C1. The van der Waals surface area contributed by atoms with Crippen molar-refractivity contribution < 1.29 is 9.72 Å². The highest BCUT2D eigenvalue weighted by molar-refractivity contribution is 5.94. The summed E-state index contributed by atoms with van der Waals surface area (Å²) in [5.74, 6) is 0.977. The maximum atomic E-state index is 12.3. The van der Waals surface area contributed by atoms with Gasteiger partial charge in [-0.25, -0.2) is 0 Å². The van der Waals surface area contributed by atoms with Gasteiger partial charge in [-0.2, -0.15) is 0 Å². The summed E-state index contributed by atoms with van der Waals surface area (Å²) in [4.78, 5) is 24.3. The summed E-state index contributed by atoms with van der Waals surface area (Å²) in [7, 11) is 0. The van der Waals surface area contributed by atoms with E-state index in [1.54, 1.807) is 0 Å². The maximum absolute atomic E-state index is 12.3. The Kier molecular flexibility index (Phi) is 3.83. The molecule has 1 aliphatic rings. The lowest BCUT2D eigenvalue weighted by molar-refractivity contribution is -0.384. The molecule has 0 N–H and O–H groups in total. The van der Waals surface area contributed by atoms with Crippen LogP contribution in [0, 0.1) is 22.0 Å². The summed E-state index contributed by atoms with van der Waals surface area (Å²) < 4.78 is 0. The van der Waals surface area contributed by atoms with Crippen LogP contribution in [0.1, 0.15) is 30.6 Å². The van der Waals surface area contributed by atoms with Gasteiger partial charge in [0.1, 0.15) is 0 Å². The van der Waals surface area contributed by atoms with E-state index in [0.717, 1.165) is 19.5 Å². The Balaban J connectivity index is 2.12. The minimum absolute atomic E-state index is 0.0110. The van der Waals surface area contributed by atoms with Gasteiger partial charge in [-0.15, -0.1) is 0 Å². The molecule has 0 spiro atoms. The third kappa shape index (κ3) is 3.10. The van der Waals surface area contributed by atoms with Gasteiger partial charge in [0.05, 0.1) is 4.92 Å². The van der Waals surface area contributed by atoms with E-state index in [-0.39, 0.29) is 11.6 Å². The van der Waals surface area contributed by atoms with Crippen LogP contribution in [-0.4, -0.2) is 28.8 Å². The molecule has 1 saturated heterocycles. The molecule has 2 unspecified atom stereocenters. The summed E-state index contributed by atoms with van der Waals surface area (Å²) in [6.07, 6.45) is 1.14. The molecular weight excluding hydrogens is 244 g/mol. The van der Waals surface area contributed by atoms with Gasteiger partial charge in [-0.3, -0.25) is 14.9 Å². The first-order valence-electron chi connectivity index (χ1n) is 6.51. The number of nitro groups is 1. The molecule has 5 heteroatoms. The molecule has 2 rings (SSSR count). The normalized spacial score (nSPS) is 23.2. The lowest BCUT2D eigenvalue weighted by atomic mass is 9.91. The number of benzene rings is 1. The van der Waals surface area contributed by atoms with Crippen molar-refractivity contribution in [3.8, 4) is 0 Å². The number of rotatable bonds is 2. The molecule has 1 aliphatic heterocycles. The Morgan fingerprint density at radius 1 is 1.21 bits per heavy atom. The first-order chi connectivity index (χ1) is 8.97. The zero-order chi connectivity index (χ0) is 14.0. The number of nitro benzene ring substituents is 1. The van der Waals surface area contributed by atoms with Gasteiger partial charge in [0.25, 0.3) is 11.6 Å². The molecule has 0 saturated carbocycles. The van der Waals surface area contributed by atoms with Gasteiger partial charge in [-0.1, -0.05) is 13.8 Å². The van der Waals surface area contributed by atoms with Gasteiger partial charge in [-0.05, 0) is 30.4 Å². The number of amides is 1. The van der Waals surface area contributed by atoms with Gasteiger partial charge in [0, 0.05) is 30.8 Å². The molecule has 0 bridgehead atoms. The molecule has 1 aromatic rings. The first-order valence-corrected chi connectivity index (χ1v) is 6.51. The molecule has 1 amide bonds. The standard InChI is InChI=1S/C14H18N2O3/c1-10-7-11(2)9-15(8-10)14(17)12-3-5-13(6-4-12)16(18)19/h3-6,10-11H,7-9H2,1-2H3. The fourth-order valence-corrected chi connectivity index (χ4v) is 2.74. The number of carbonyl (C=O) groups excluding carboxylic acids is 1. The lowest BCUT2D eigenvalue weighted by Crippen LogP contribution is -2.42. The molecular formula is C14H18N2O3. The Hall–Kier alpha value is -1.91. The number of hydrogen-bond acceptors (Lipinski definition) is 3. The third-order valence-corrected chi connectivity index (χ3v) is 3.48. The second-order valence-corrected chi connectivity index (χ2v) is 5.46. The molecule has 102 valence electrons. The number of carbonyl (C=O) groups is 1. The van der Waals surface area contributed by atoms with E-state index >= 15 is 0 Å². The van der Waals surface area contributed by atoms with Gasteiger partial charge in [0.2, 0.25) is 0 Å². The van der Waals surface area contributed by atoms with Gasteiger partial charge < -0.3 is 4.90 Å². The summed E-state index contributed by atoms with van der Waals surface area (Å²) in [5.41, 5.74) is 0.531. The Morgan fingerprint density at radius 2 is 1.74 bits per heavy atom. The fraction of sp³-hybridized carbons (Fsp3) is 0.500. The van der Waals surface area contributed by atoms with E-state index in [9.17, 15) is 14.9 Å². The van der Waals surface area contributed by atoms with E-state index in [2.05, 4.69) is 13.8 Å². The van der Waals surface area contributed by atoms with Crippen LogP contribution in [0.5, 0.6) is 0 Å². The number of piperidine rings is 1. The van der Waals surface area contributed by atoms with Crippen LogP contribution in [-0.2, 0) is 0 Å².